The number of hydrogen-bond acceptors (Lipinski definition) is 3. The number of nitrogens with zero attached hydrogens (tertiary/aromatic N) is 2. The second-order valence-corrected chi connectivity index (χ2v) is 9.07. The summed E-state index contributed by atoms with van der Waals surface area (Å²) in [6, 6.07) is 8.50. The normalized spacial score (nSPS) is 20.7. The van der Waals surface area contributed by atoms with E-state index >= 15 is 4.39 Å². The summed E-state index contributed by atoms with van der Waals surface area (Å²) in [5.74, 6) is -0.676. The Labute approximate surface area is 196 Å². The lowest BCUT2D eigenvalue weighted by Gasteiger charge is -2.34. The summed E-state index contributed by atoms with van der Waals surface area (Å²) in [6.07, 6.45) is 3.78. The minimum Gasteiger partial charge on any atom is -0.373 e. The van der Waals surface area contributed by atoms with Gasteiger partial charge in [-0.2, -0.15) is 0 Å². The van der Waals surface area contributed by atoms with Crippen LogP contribution < -0.4 is 10.2 Å². The molecule has 2 heterocycles. The maximum Gasteiger partial charge on any atom is 0.246 e. The van der Waals surface area contributed by atoms with Crippen molar-refractivity contribution < 1.29 is 14.0 Å². The highest BCUT2D eigenvalue weighted by molar-refractivity contribution is 6.42. The summed E-state index contributed by atoms with van der Waals surface area (Å²) in [5.41, 5.74) is 1.84. The van der Waals surface area contributed by atoms with E-state index in [2.05, 4.69) is 11.9 Å². The Hall–Kier alpha value is -2.57. The number of amides is 2. The molecule has 4 rings (SSSR count). The summed E-state index contributed by atoms with van der Waals surface area (Å²) in [6.45, 7) is 4.16. The van der Waals surface area contributed by atoms with Gasteiger partial charge >= 0.3 is 0 Å². The lowest BCUT2D eigenvalue weighted by Crippen LogP contribution is -2.41. The third kappa shape index (κ3) is 3.97. The first-order chi connectivity index (χ1) is 15.3. The average Bonchev–Trinajstić information content (AvgIpc) is 3.14. The van der Waals surface area contributed by atoms with Crippen molar-refractivity contribution in [3.8, 4) is 0 Å². The van der Waals surface area contributed by atoms with Gasteiger partial charge in [-0.25, -0.2) is 4.39 Å². The van der Waals surface area contributed by atoms with Gasteiger partial charge in [0, 0.05) is 43.5 Å². The highest BCUT2D eigenvalue weighted by Gasteiger charge is 2.44. The van der Waals surface area contributed by atoms with Gasteiger partial charge in [0.25, 0.3) is 0 Å². The molecule has 1 fully saturated rings. The van der Waals surface area contributed by atoms with Gasteiger partial charge in [0.15, 0.2) is 0 Å². The number of carbonyl (C=O) groups excluding carboxylic acids is 2. The van der Waals surface area contributed by atoms with Crippen molar-refractivity contribution in [1.82, 2.24) is 4.90 Å². The lowest BCUT2D eigenvalue weighted by molar-refractivity contribution is -0.125. The highest BCUT2D eigenvalue weighted by atomic mass is 35.5. The highest BCUT2D eigenvalue weighted by Crippen LogP contribution is 2.43. The number of carbonyl (C=O) groups is 2. The Morgan fingerprint density at radius 3 is 2.78 bits per heavy atom. The second-order valence-electron chi connectivity index (χ2n) is 8.29. The lowest BCUT2D eigenvalue weighted by atomic mass is 9.87. The molecule has 168 valence electrons. The van der Waals surface area contributed by atoms with E-state index in [-0.39, 0.29) is 34.0 Å². The fraction of sp³-hybridized carbons (Fsp3) is 0.333. The van der Waals surface area contributed by atoms with Crippen LogP contribution in [0.4, 0.5) is 15.8 Å². The molecule has 0 spiro atoms. The smallest absolute Gasteiger partial charge is 0.246 e. The number of benzene rings is 2. The van der Waals surface area contributed by atoms with Crippen LogP contribution in [0.2, 0.25) is 10.0 Å². The number of hydrogen-bond donors (Lipinski definition) is 1. The number of nitrogens with one attached hydrogen (secondary N) is 1. The van der Waals surface area contributed by atoms with Gasteiger partial charge < -0.3 is 15.1 Å². The predicted octanol–water partition coefficient (Wildman–Crippen LogP) is 5.16. The van der Waals surface area contributed by atoms with Crippen LogP contribution in [0.1, 0.15) is 30.4 Å². The minimum absolute atomic E-state index is 0.0585. The van der Waals surface area contributed by atoms with Gasteiger partial charge in [-0.3, -0.25) is 9.59 Å². The Balaban J connectivity index is 1.79. The van der Waals surface area contributed by atoms with Crippen molar-refractivity contribution in [1.29, 1.82) is 0 Å². The Bertz CT molecular complexity index is 1110. The van der Waals surface area contributed by atoms with Crippen molar-refractivity contribution in [2.24, 2.45) is 0 Å². The van der Waals surface area contributed by atoms with Gasteiger partial charge in [-0.15, -0.1) is 0 Å². The standard InChI is InChI=1S/C24H24Cl2FN3O2/c1-3-20(31)30-12-11-24(14-30,22-18(27)10-9-17(25)23(22)26)28-16-8-7-15-5-4-6-21(32)29(2)19(15)13-16/h3,7-10,13,28H,1,4-6,11-12,14H2,2H3. The Kier molecular flexibility index (Phi) is 6.19. The number of aryl methyl sites for hydroxylation is 1. The van der Waals surface area contributed by atoms with Crippen molar-refractivity contribution in [3.05, 3.63) is 70.0 Å². The first-order valence-corrected chi connectivity index (χ1v) is 11.2. The molecule has 0 aliphatic carbocycles. The topological polar surface area (TPSA) is 52.7 Å². The average molecular weight is 476 g/mol. The van der Waals surface area contributed by atoms with Gasteiger partial charge in [-0.05, 0) is 55.2 Å². The van der Waals surface area contributed by atoms with Crippen molar-refractivity contribution in [3.63, 3.8) is 0 Å². The largest absolute Gasteiger partial charge is 0.373 e. The van der Waals surface area contributed by atoms with E-state index in [1.54, 1.807) is 16.8 Å². The molecule has 8 heteroatoms. The summed E-state index contributed by atoms with van der Waals surface area (Å²) < 4.78 is 15.1. The molecule has 2 aliphatic heterocycles. The van der Waals surface area contributed by atoms with E-state index in [0.29, 0.717) is 25.1 Å². The summed E-state index contributed by atoms with van der Waals surface area (Å²) in [5, 5.41) is 3.81. The van der Waals surface area contributed by atoms with Crippen LogP contribution in [0.25, 0.3) is 0 Å². The quantitative estimate of drug-likeness (QED) is 0.490. The van der Waals surface area contributed by atoms with E-state index in [9.17, 15) is 9.59 Å². The number of anilines is 2. The molecule has 2 aliphatic rings. The summed E-state index contributed by atoms with van der Waals surface area (Å²) in [7, 11) is 1.76. The van der Waals surface area contributed by atoms with Crippen LogP contribution in [-0.4, -0.2) is 36.9 Å². The molecular weight excluding hydrogens is 452 g/mol. The summed E-state index contributed by atoms with van der Waals surface area (Å²) in [4.78, 5) is 27.9. The molecule has 0 bridgehead atoms. The SMILES string of the molecule is C=CC(=O)N1CCC(Nc2ccc3c(c2)N(C)C(=O)CCC3)(c2c(F)ccc(Cl)c2Cl)C1. The second kappa shape index (κ2) is 8.75. The zero-order valence-corrected chi connectivity index (χ0v) is 19.3. The van der Waals surface area contributed by atoms with E-state index in [4.69, 9.17) is 23.2 Å². The molecule has 2 amide bonds. The van der Waals surface area contributed by atoms with Crippen LogP contribution in [0.15, 0.2) is 43.0 Å². The van der Waals surface area contributed by atoms with Crippen LogP contribution in [0.5, 0.6) is 0 Å². The van der Waals surface area contributed by atoms with Gasteiger partial charge in [0.05, 0.1) is 15.6 Å². The first-order valence-electron chi connectivity index (χ1n) is 10.5. The molecule has 1 unspecified atom stereocenters. The number of rotatable bonds is 4. The fourth-order valence-corrected chi connectivity index (χ4v) is 5.13. The number of fused-ring (bicyclic) bond motifs is 1. The molecule has 0 aromatic heterocycles. The molecule has 1 atom stereocenters. The van der Waals surface area contributed by atoms with Crippen LogP contribution in [0, 0.1) is 5.82 Å². The number of halogens is 3. The van der Waals surface area contributed by atoms with Crippen molar-refractivity contribution >= 4 is 46.4 Å². The fourth-order valence-electron chi connectivity index (χ4n) is 4.63. The Morgan fingerprint density at radius 2 is 2.03 bits per heavy atom. The zero-order valence-electron chi connectivity index (χ0n) is 17.8. The molecule has 1 N–H and O–H groups in total. The van der Waals surface area contributed by atoms with E-state index in [1.165, 1.54) is 18.2 Å². The molecule has 2 aromatic carbocycles. The third-order valence-electron chi connectivity index (χ3n) is 6.32. The van der Waals surface area contributed by atoms with Gasteiger partial charge in [0.2, 0.25) is 11.8 Å². The van der Waals surface area contributed by atoms with Crippen LogP contribution in [-0.2, 0) is 21.5 Å². The van der Waals surface area contributed by atoms with E-state index in [0.717, 1.165) is 24.1 Å². The molecule has 32 heavy (non-hydrogen) atoms. The molecule has 5 nitrogen and oxygen atoms in total. The minimum atomic E-state index is -0.994. The maximum absolute atomic E-state index is 15.1. The van der Waals surface area contributed by atoms with Crippen LogP contribution >= 0.6 is 23.2 Å². The summed E-state index contributed by atoms with van der Waals surface area (Å²) >= 11 is 12.7. The van der Waals surface area contributed by atoms with Crippen molar-refractivity contribution in [2.45, 2.75) is 31.2 Å². The maximum atomic E-state index is 15.1. The molecule has 1 saturated heterocycles. The van der Waals surface area contributed by atoms with E-state index < -0.39 is 11.4 Å². The molecule has 0 saturated carbocycles. The van der Waals surface area contributed by atoms with E-state index in [1.807, 2.05) is 18.2 Å². The number of likely N-dealkylation sites (tertiary alicyclic amines) is 1. The first kappa shape index (κ1) is 22.6. The van der Waals surface area contributed by atoms with Crippen LogP contribution in [0.3, 0.4) is 0 Å². The monoisotopic (exact) mass is 475 g/mol. The molecule has 2 aromatic rings. The predicted molar refractivity (Wildman–Crippen MR) is 126 cm³/mol. The van der Waals surface area contributed by atoms with Crippen molar-refractivity contribution in [2.75, 3.05) is 30.4 Å². The molecular formula is C24H24Cl2FN3O2. The molecule has 0 radical (unpaired) electrons. The zero-order chi connectivity index (χ0) is 23.0. The Morgan fingerprint density at radius 1 is 1.25 bits per heavy atom. The van der Waals surface area contributed by atoms with Gasteiger partial charge in [-0.1, -0.05) is 35.8 Å². The third-order valence-corrected chi connectivity index (χ3v) is 7.12. The van der Waals surface area contributed by atoms with Gasteiger partial charge in [0.1, 0.15) is 5.82 Å².